The standard InChI is InChI=1S/C30H26FN9O/c1-2-25(41)39-17-30(18-39)15-38(16-30)14-19-5-8-21(9-6-19)40-28(22-4-3-11-33-26(22)32)36-24-13-35-27(37-29(24)40)23-10-7-20(31)12-34-23/h2-13H,1,14-18H2,(H2,32,33). The maximum atomic E-state index is 13.5. The van der Waals surface area contributed by atoms with E-state index in [1.165, 1.54) is 17.7 Å². The van der Waals surface area contributed by atoms with Gasteiger partial charge in [-0.3, -0.25) is 14.3 Å². The summed E-state index contributed by atoms with van der Waals surface area (Å²) in [5.41, 5.74) is 10.8. The van der Waals surface area contributed by atoms with E-state index in [1.54, 1.807) is 18.5 Å². The number of amides is 1. The highest BCUT2D eigenvalue weighted by Gasteiger charge is 2.52. The number of nitrogens with two attached hydrogens (primary N) is 1. The van der Waals surface area contributed by atoms with Gasteiger partial charge in [-0.1, -0.05) is 18.7 Å². The molecule has 7 rings (SSSR count). The average molecular weight is 548 g/mol. The zero-order valence-corrected chi connectivity index (χ0v) is 22.1. The zero-order valence-electron chi connectivity index (χ0n) is 22.1. The van der Waals surface area contributed by atoms with Crippen LogP contribution in [0.1, 0.15) is 5.56 Å². The maximum Gasteiger partial charge on any atom is 0.245 e. The highest BCUT2D eigenvalue weighted by molar-refractivity contribution is 5.88. The lowest BCUT2D eigenvalue weighted by Crippen LogP contribution is -2.72. The van der Waals surface area contributed by atoms with Crippen LogP contribution in [-0.2, 0) is 11.3 Å². The van der Waals surface area contributed by atoms with Crippen molar-refractivity contribution in [2.24, 2.45) is 5.41 Å². The maximum absolute atomic E-state index is 13.5. The number of imidazole rings is 1. The SMILES string of the molecule is C=CC(=O)N1CC2(CN(Cc3ccc(-n4c(-c5cccnc5N)nc5cnc(-c6ccc(F)cn6)nc54)cc3)C2)C1. The number of nitrogen functional groups attached to an aromatic ring is 1. The fourth-order valence-corrected chi connectivity index (χ4v) is 5.81. The lowest BCUT2D eigenvalue weighted by atomic mass is 9.72. The second-order valence-electron chi connectivity index (χ2n) is 10.7. The van der Waals surface area contributed by atoms with Gasteiger partial charge in [-0.05, 0) is 48.0 Å². The Hall–Kier alpha value is -5.03. The minimum atomic E-state index is -0.430. The van der Waals surface area contributed by atoms with Gasteiger partial charge in [-0.25, -0.2) is 29.3 Å². The van der Waals surface area contributed by atoms with Crippen molar-refractivity contribution in [3.8, 4) is 28.6 Å². The molecule has 0 bridgehead atoms. The number of anilines is 1. The van der Waals surface area contributed by atoms with Crippen molar-refractivity contribution in [3.05, 3.63) is 91.2 Å². The Balaban J connectivity index is 1.19. The predicted molar refractivity (Wildman–Crippen MR) is 152 cm³/mol. The number of hydrogen-bond acceptors (Lipinski definition) is 8. The molecule has 0 saturated carbocycles. The molecule has 2 fully saturated rings. The molecule has 41 heavy (non-hydrogen) atoms. The van der Waals surface area contributed by atoms with Gasteiger partial charge in [0.05, 0.1) is 18.0 Å². The quantitative estimate of drug-likeness (QED) is 0.321. The molecule has 0 radical (unpaired) electrons. The Bertz CT molecular complexity index is 1790. The first-order chi connectivity index (χ1) is 19.9. The van der Waals surface area contributed by atoms with Gasteiger partial charge in [-0.15, -0.1) is 0 Å². The number of fused-ring (bicyclic) bond motifs is 1. The number of pyridine rings is 2. The molecule has 2 saturated heterocycles. The van der Waals surface area contributed by atoms with Gasteiger partial charge in [0.2, 0.25) is 5.91 Å². The summed E-state index contributed by atoms with van der Waals surface area (Å²) in [7, 11) is 0. The third-order valence-electron chi connectivity index (χ3n) is 7.69. The molecule has 2 aliphatic heterocycles. The summed E-state index contributed by atoms with van der Waals surface area (Å²) in [5, 5.41) is 0. The number of carbonyl (C=O) groups excluding carboxylic acids is 1. The number of aromatic nitrogens is 6. The molecule has 1 amide bonds. The number of likely N-dealkylation sites (tertiary alicyclic amines) is 2. The number of hydrogen-bond donors (Lipinski definition) is 1. The second kappa shape index (κ2) is 9.56. The van der Waals surface area contributed by atoms with Gasteiger partial charge < -0.3 is 10.6 Å². The largest absolute Gasteiger partial charge is 0.383 e. The Kier molecular flexibility index (Phi) is 5.82. The van der Waals surface area contributed by atoms with E-state index in [1.807, 2.05) is 33.7 Å². The number of carbonyl (C=O) groups is 1. The molecule has 0 aliphatic carbocycles. The number of rotatable bonds is 6. The van der Waals surface area contributed by atoms with Crippen LogP contribution in [0.4, 0.5) is 10.2 Å². The van der Waals surface area contributed by atoms with E-state index in [-0.39, 0.29) is 11.3 Å². The molecule has 204 valence electrons. The summed E-state index contributed by atoms with van der Waals surface area (Å²) in [4.78, 5) is 38.4. The van der Waals surface area contributed by atoms with Crippen LogP contribution in [-0.4, -0.2) is 71.4 Å². The smallest absolute Gasteiger partial charge is 0.245 e. The Morgan fingerprint density at radius 2 is 1.80 bits per heavy atom. The average Bonchev–Trinajstić information content (AvgIpc) is 3.32. The van der Waals surface area contributed by atoms with E-state index in [0.717, 1.165) is 44.6 Å². The molecular formula is C30H26FN9O. The Morgan fingerprint density at radius 3 is 2.51 bits per heavy atom. The van der Waals surface area contributed by atoms with Crippen molar-refractivity contribution < 1.29 is 9.18 Å². The van der Waals surface area contributed by atoms with Crippen LogP contribution in [0.3, 0.4) is 0 Å². The van der Waals surface area contributed by atoms with Crippen LogP contribution < -0.4 is 5.73 Å². The summed E-state index contributed by atoms with van der Waals surface area (Å²) in [6, 6.07) is 14.8. The van der Waals surface area contributed by atoms with E-state index < -0.39 is 5.82 Å². The highest BCUT2D eigenvalue weighted by Crippen LogP contribution is 2.40. The Labute approximate surface area is 235 Å². The van der Waals surface area contributed by atoms with Gasteiger partial charge in [0.25, 0.3) is 0 Å². The van der Waals surface area contributed by atoms with Gasteiger partial charge in [0.1, 0.15) is 22.8 Å². The van der Waals surface area contributed by atoms with E-state index in [2.05, 4.69) is 38.6 Å². The molecule has 2 aliphatic rings. The Morgan fingerprint density at radius 1 is 1.00 bits per heavy atom. The lowest BCUT2D eigenvalue weighted by Gasteiger charge is -2.60. The first-order valence-corrected chi connectivity index (χ1v) is 13.2. The molecule has 1 aromatic carbocycles. The van der Waals surface area contributed by atoms with Gasteiger partial charge >= 0.3 is 0 Å². The molecule has 0 unspecified atom stereocenters. The van der Waals surface area contributed by atoms with Crippen LogP contribution in [0.2, 0.25) is 0 Å². The normalized spacial score (nSPS) is 16.0. The second-order valence-corrected chi connectivity index (χ2v) is 10.7. The van der Waals surface area contributed by atoms with Crippen LogP contribution in [0.5, 0.6) is 0 Å². The van der Waals surface area contributed by atoms with E-state index in [9.17, 15) is 9.18 Å². The first kappa shape index (κ1) is 25.0. The molecule has 5 aromatic rings. The molecule has 10 nitrogen and oxygen atoms in total. The van der Waals surface area contributed by atoms with Gasteiger partial charge in [0.15, 0.2) is 17.3 Å². The predicted octanol–water partition coefficient (Wildman–Crippen LogP) is 3.49. The summed E-state index contributed by atoms with van der Waals surface area (Å²) < 4.78 is 15.4. The number of halogens is 1. The topological polar surface area (TPSA) is 119 Å². The van der Waals surface area contributed by atoms with E-state index in [0.29, 0.717) is 39.9 Å². The van der Waals surface area contributed by atoms with Gasteiger partial charge in [0, 0.05) is 50.0 Å². The third kappa shape index (κ3) is 4.40. The van der Waals surface area contributed by atoms with E-state index >= 15 is 0 Å². The van der Waals surface area contributed by atoms with Crippen LogP contribution >= 0.6 is 0 Å². The minimum absolute atomic E-state index is 0.00965. The van der Waals surface area contributed by atoms with Crippen molar-refractivity contribution >= 4 is 22.9 Å². The molecule has 1 spiro atoms. The number of nitrogens with zero attached hydrogens (tertiary/aromatic N) is 8. The van der Waals surface area contributed by atoms with Crippen molar-refractivity contribution in [2.75, 3.05) is 31.9 Å². The molecule has 4 aromatic heterocycles. The van der Waals surface area contributed by atoms with Crippen LogP contribution in [0.15, 0.2) is 79.8 Å². The fraction of sp³-hybridized carbons (Fsp3) is 0.200. The molecule has 11 heteroatoms. The molecule has 0 atom stereocenters. The monoisotopic (exact) mass is 547 g/mol. The summed E-state index contributed by atoms with van der Waals surface area (Å²) in [5.74, 6) is 0.878. The van der Waals surface area contributed by atoms with Crippen LogP contribution in [0, 0.1) is 11.2 Å². The van der Waals surface area contributed by atoms with E-state index in [4.69, 9.17) is 15.7 Å². The summed E-state index contributed by atoms with van der Waals surface area (Å²) >= 11 is 0. The van der Waals surface area contributed by atoms with Crippen molar-refractivity contribution in [3.63, 3.8) is 0 Å². The molecule has 6 heterocycles. The minimum Gasteiger partial charge on any atom is -0.383 e. The molecular weight excluding hydrogens is 521 g/mol. The van der Waals surface area contributed by atoms with Crippen molar-refractivity contribution in [1.29, 1.82) is 0 Å². The fourth-order valence-electron chi connectivity index (χ4n) is 5.81. The summed E-state index contributed by atoms with van der Waals surface area (Å²) in [6.45, 7) is 7.96. The zero-order chi connectivity index (χ0) is 28.1. The lowest BCUT2D eigenvalue weighted by molar-refractivity contribution is -0.154. The summed E-state index contributed by atoms with van der Waals surface area (Å²) in [6.07, 6.45) is 5.79. The number of benzene rings is 1. The van der Waals surface area contributed by atoms with Gasteiger partial charge in [-0.2, -0.15) is 0 Å². The first-order valence-electron chi connectivity index (χ1n) is 13.2. The van der Waals surface area contributed by atoms with Crippen molar-refractivity contribution in [1.82, 2.24) is 39.3 Å². The highest BCUT2D eigenvalue weighted by atomic mass is 19.1. The van der Waals surface area contributed by atoms with Crippen LogP contribution in [0.25, 0.3) is 39.8 Å². The van der Waals surface area contributed by atoms with Crippen molar-refractivity contribution in [2.45, 2.75) is 6.54 Å². The third-order valence-corrected chi connectivity index (χ3v) is 7.69. The molecule has 2 N–H and O–H groups in total.